The lowest BCUT2D eigenvalue weighted by Crippen LogP contribution is -2.41. The zero-order valence-electron chi connectivity index (χ0n) is 11.5. The van der Waals surface area contributed by atoms with Crippen LogP contribution in [-0.4, -0.2) is 55.7 Å². The number of nitrogens with one attached hydrogen (secondary N) is 2. The van der Waals surface area contributed by atoms with Crippen molar-refractivity contribution >= 4 is 12.0 Å². The molecule has 6 nitrogen and oxygen atoms in total. The average Bonchev–Trinajstić information content (AvgIpc) is 2.88. The standard InChI is InChI=1S/C13H23N3O3/c1-19-13(18)15-11-5-7-16(9-11)12(17)8-10-4-2-3-6-14-10/h10-11,14H,2-9H2,1H3,(H,15,18). The third-order valence-corrected chi connectivity index (χ3v) is 3.88. The van der Waals surface area contributed by atoms with Crippen molar-refractivity contribution in [2.75, 3.05) is 26.7 Å². The highest BCUT2D eigenvalue weighted by Crippen LogP contribution is 2.15. The monoisotopic (exact) mass is 269 g/mol. The number of hydrogen-bond donors (Lipinski definition) is 2. The van der Waals surface area contributed by atoms with Crippen molar-refractivity contribution in [1.29, 1.82) is 0 Å². The molecule has 2 N–H and O–H groups in total. The van der Waals surface area contributed by atoms with Gasteiger partial charge in [0, 0.05) is 25.6 Å². The number of amides is 2. The molecule has 2 saturated heterocycles. The van der Waals surface area contributed by atoms with Crippen molar-refractivity contribution < 1.29 is 14.3 Å². The van der Waals surface area contributed by atoms with Crippen molar-refractivity contribution in [3.05, 3.63) is 0 Å². The molecule has 2 rings (SSSR count). The van der Waals surface area contributed by atoms with Gasteiger partial charge >= 0.3 is 6.09 Å². The number of alkyl carbamates (subject to hydrolysis) is 1. The molecule has 2 atom stereocenters. The molecule has 0 aliphatic carbocycles. The summed E-state index contributed by atoms with van der Waals surface area (Å²) < 4.78 is 4.57. The van der Waals surface area contributed by atoms with Gasteiger partial charge in [0.1, 0.15) is 0 Å². The molecule has 2 fully saturated rings. The Morgan fingerprint density at radius 3 is 2.89 bits per heavy atom. The fourth-order valence-electron chi connectivity index (χ4n) is 2.77. The number of likely N-dealkylation sites (tertiary alicyclic amines) is 1. The normalized spacial score (nSPS) is 27.1. The molecule has 0 aromatic rings. The van der Waals surface area contributed by atoms with E-state index in [-0.39, 0.29) is 11.9 Å². The molecule has 0 bridgehead atoms. The van der Waals surface area contributed by atoms with Crippen LogP contribution in [0.3, 0.4) is 0 Å². The summed E-state index contributed by atoms with van der Waals surface area (Å²) in [5, 5.41) is 6.14. The van der Waals surface area contributed by atoms with Crippen LogP contribution >= 0.6 is 0 Å². The van der Waals surface area contributed by atoms with Gasteiger partial charge in [-0.3, -0.25) is 4.79 Å². The Hall–Kier alpha value is -1.30. The van der Waals surface area contributed by atoms with Crippen LogP contribution in [0.5, 0.6) is 0 Å². The van der Waals surface area contributed by atoms with E-state index >= 15 is 0 Å². The number of methoxy groups -OCH3 is 1. The Kier molecular flexibility index (Phi) is 5.01. The molecule has 0 radical (unpaired) electrons. The second-order valence-electron chi connectivity index (χ2n) is 5.31. The van der Waals surface area contributed by atoms with E-state index in [0.29, 0.717) is 19.0 Å². The molecular weight excluding hydrogens is 246 g/mol. The van der Waals surface area contributed by atoms with Crippen LogP contribution < -0.4 is 10.6 Å². The second-order valence-corrected chi connectivity index (χ2v) is 5.31. The molecule has 6 heteroatoms. The van der Waals surface area contributed by atoms with Gasteiger partial charge in [-0.05, 0) is 25.8 Å². The van der Waals surface area contributed by atoms with Gasteiger partial charge in [0.15, 0.2) is 0 Å². The fraction of sp³-hybridized carbons (Fsp3) is 0.846. The van der Waals surface area contributed by atoms with Crippen LogP contribution in [0.1, 0.15) is 32.1 Å². The minimum Gasteiger partial charge on any atom is -0.453 e. The van der Waals surface area contributed by atoms with Gasteiger partial charge in [0.25, 0.3) is 0 Å². The molecule has 2 unspecified atom stereocenters. The minimum atomic E-state index is -0.423. The Bertz CT molecular complexity index is 329. The summed E-state index contributed by atoms with van der Waals surface area (Å²) in [4.78, 5) is 25.1. The van der Waals surface area contributed by atoms with Gasteiger partial charge in [-0.1, -0.05) is 6.42 Å². The van der Waals surface area contributed by atoms with Gasteiger partial charge in [-0.2, -0.15) is 0 Å². The number of carbonyl (C=O) groups is 2. The van der Waals surface area contributed by atoms with Crippen LogP contribution in [0, 0.1) is 0 Å². The Balaban J connectivity index is 1.73. The topological polar surface area (TPSA) is 70.7 Å². The Morgan fingerprint density at radius 1 is 1.37 bits per heavy atom. The van der Waals surface area contributed by atoms with Gasteiger partial charge in [-0.15, -0.1) is 0 Å². The second kappa shape index (κ2) is 6.75. The quantitative estimate of drug-likeness (QED) is 0.781. The minimum absolute atomic E-state index is 0.0238. The van der Waals surface area contributed by atoms with Crippen LogP contribution in [0.2, 0.25) is 0 Å². The largest absolute Gasteiger partial charge is 0.453 e. The van der Waals surface area contributed by atoms with E-state index in [1.807, 2.05) is 4.90 Å². The average molecular weight is 269 g/mol. The van der Waals surface area contributed by atoms with Crippen molar-refractivity contribution in [3.63, 3.8) is 0 Å². The zero-order valence-corrected chi connectivity index (χ0v) is 11.5. The maximum absolute atomic E-state index is 12.2. The first-order valence-electron chi connectivity index (χ1n) is 7.04. The number of piperidine rings is 1. The van der Waals surface area contributed by atoms with Gasteiger partial charge < -0.3 is 20.3 Å². The van der Waals surface area contributed by atoms with Gasteiger partial charge in [0.2, 0.25) is 5.91 Å². The van der Waals surface area contributed by atoms with Crippen LogP contribution in [-0.2, 0) is 9.53 Å². The van der Waals surface area contributed by atoms with Gasteiger partial charge in [-0.25, -0.2) is 4.79 Å². The fourth-order valence-corrected chi connectivity index (χ4v) is 2.77. The lowest BCUT2D eigenvalue weighted by molar-refractivity contribution is -0.130. The summed E-state index contributed by atoms with van der Waals surface area (Å²) in [6.07, 6.45) is 4.46. The Labute approximate surface area is 113 Å². The van der Waals surface area contributed by atoms with E-state index in [9.17, 15) is 9.59 Å². The van der Waals surface area contributed by atoms with E-state index in [2.05, 4.69) is 15.4 Å². The van der Waals surface area contributed by atoms with E-state index < -0.39 is 6.09 Å². The van der Waals surface area contributed by atoms with E-state index in [1.165, 1.54) is 20.0 Å². The van der Waals surface area contributed by atoms with E-state index in [1.54, 1.807) is 0 Å². The molecule has 0 aromatic carbocycles. The summed E-state index contributed by atoms with van der Waals surface area (Å²) in [5.41, 5.74) is 0. The number of rotatable bonds is 3. The summed E-state index contributed by atoms with van der Waals surface area (Å²) in [7, 11) is 1.35. The highest BCUT2D eigenvalue weighted by molar-refractivity contribution is 5.77. The SMILES string of the molecule is COC(=O)NC1CCN(C(=O)CC2CCCCN2)C1. The highest BCUT2D eigenvalue weighted by atomic mass is 16.5. The van der Waals surface area contributed by atoms with Gasteiger partial charge in [0.05, 0.1) is 13.2 Å². The van der Waals surface area contributed by atoms with E-state index in [4.69, 9.17) is 0 Å². The number of nitrogens with zero attached hydrogens (tertiary/aromatic N) is 1. The molecular formula is C13H23N3O3. The first-order chi connectivity index (χ1) is 9.19. The van der Waals surface area contributed by atoms with Crippen LogP contribution in [0.15, 0.2) is 0 Å². The van der Waals surface area contributed by atoms with Crippen molar-refractivity contribution in [3.8, 4) is 0 Å². The molecule has 0 saturated carbocycles. The lowest BCUT2D eigenvalue weighted by Gasteiger charge is -2.25. The van der Waals surface area contributed by atoms with E-state index in [0.717, 1.165) is 25.9 Å². The van der Waals surface area contributed by atoms with Crippen molar-refractivity contribution in [1.82, 2.24) is 15.5 Å². The molecule has 108 valence electrons. The lowest BCUT2D eigenvalue weighted by atomic mass is 10.0. The summed E-state index contributed by atoms with van der Waals surface area (Å²) in [6.45, 7) is 2.34. The molecule has 0 aromatic heterocycles. The van der Waals surface area contributed by atoms with Crippen molar-refractivity contribution in [2.45, 2.75) is 44.2 Å². The molecule has 2 amide bonds. The molecule has 2 aliphatic heterocycles. The first kappa shape index (κ1) is 14.1. The van der Waals surface area contributed by atoms with Crippen molar-refractivity contribution in [2.24, 2.45) is 0 Å². The first-order valence-corrected chi connectivity index (χ1v) is 7.04. The maximum atomic E-state index is 12.2. The number of hydrogen-bond acceptors (Lipinski definition) is 4. The summed E-state index contributed by atoms with van der Waals surface area (Å²) in [6, 6.07) is 0.351. The molecule has 19 heavy (non-hydrogen) atoms. The number of ether oxygens (including phenoxy) is 1. The Morgan fingerprint density at radius 2 is 2.21 bits per heavy atom. The molecule has 2 heterocycles. The third-order valence-electron chi connectivity index (χ3n) is 3.88. The highest BCUT2D eigenvalue weighted by Gasteiger charge is 2.28. The predicted molar refractivity (Wildman–Crippen MR) is 70.8 cm³/mol. The summed E-state index contributed by atoms with van der Waals surface area (Å²) >= 11 is 0. The van der Waals surface area contributed by atoms with Crippen LogP contribution in [0.4, 0.5) is 4.79 Å². The molecule has 0 spiro atoms. The molecule has 2 aliphatic rings. The predicted octanol–water partition coefficient (Wildman–Crippen LogP) is 0.475. The summed E-state index contributed by atoms with van der Waals surface area (Å²) in [5.74, 6) is 0.188. The zero-order chi connectivity index (χ0) is 13.7. The maximum Gasteiger partial charge on any atom is 0.407 e. The van der Waals surface area contributed by atoms with Crippen LogP contribution in [0.25, 0.3) is 0 Å². The smallest absolute Gasteiger partial charge is 0.407 e. The third kappa shape index (κ3) is 4.09. The number of carbonyl (C=O) groups excluding carboxylic acids is 2.